The molecule has 5 aromatic rings. The Morgan fingerprint density at radius 3 is 1.81 bits per heavy atom. The van der Waals surface area contributed by atoms with Crippen LogP contribution in [-0.2, 0) is 16.1 Å². The van der Waals surface area contributed by atoms with Crippen molar-refractivity contribution < 1.29 is 36.5 Å². The van der Waals surface area contributed by atoms with Gasteiger partial charge in [-0.1, -0.05) is 6.92 Å². The summed E-state index contributed by atoms with van der Waals surface area (Å²) in [6.45, 7) is 1.98. The molecule has 2 atom stereocenters. The summed E-state index contributed by atoms with van der Waals surface area (Å²) in [5.41, 5.74) is 6.67. The lowest BCUT2D eigenvalue weighted by molar-refractivity contribution is -0.131. The predicted octanol–water partition coefficient (Wildman–Crippen LogP) is 2.75. The van der Waals surface area contributed by atoms with Crippen LogP contribution in [0, 0.1) is 5.92 Å². The van der Waals surface area contributed by atoms with Gasteiger partial charge in [-0.2, -0.15) is 0 Å². The average Bonchev–Trinajstić information content (AvgIpc) is 3.83. The molecule has 5 aromatic heterocycles. The molecule has 16 nitrogen and oxygen atoms in total. The van der Waals surface area contributed by atoms with E-state index in [0.717, 1.165) is 0 Å². The summed E-state index contributed by atoms with van der Waals surface area (Å²) in [7, 11) is 0. The number of oxazole rings is 5. The van der Waals surface area contributed by atoms with Gasteiger partial charge in [-0.15, -0.1) is 0 Å². The molecule has 1 aliphatic heterocycles. The fourth-order valence-corrected chi connectivity index (χ4v) is 4.32. The predicted molar refractivity (Wildman–Crippen MR) is 143 cm³/mol. The molecule has 0 saturated heterocycles. The molecule has 4 N–H and O–H groups in total. The summed E-state index contributed by atoms with van der Waals surface area (Å²) >= 11 is 0. The van der Waals surface area contributed by atoms with Crippen LogP contribution in [0.1, 0.15) is 49.0 Å². The fraction of sp³-hybridized carbons (Fsp3) is 0.333. The van der Waals surface area contributed by atoms with E-state index in [2.05, 4.69) is 35.6 Å². The standard InChI is InChI=1S/C27H26N8O8/c1-13-6-20(36)15-8-40-25(32-15)17-10-42-27(34-17)19-12-43-26(35-19)18-11-41-24(33-18)16-9-39-21(30-16)7-29-23(38)14(31-22(13)37)4-2-3-5-28/h8-14H,2-7,28H2,1H3,(H,29,38)(H,31,37). The van der Waals surface area contributed by atoms with Gasteiger partial charge in [0.1, 0.15) is 43.1 Å². The second-order valence-corrected chi connectivity index (χ2v) is 9.87. The number of ketones is 1. The maximum atomic E-state index is 13.1. The number of Topliss-reactive ketones (excluding diaryl/α,β-unsaturated/α-hetero) is 1. The van der Waals surface area contributed by atoms with Gasteiger partial charge in [-0.25, -0.2) is 24.9 Å². The van der Waals surface area contributed by atoms with E-state index >= 15 is 0 Å². The van der Waals surface area contributed by atoms with Crippen LogP contribution in [0.2, 0.25) is 0 Å². The number of fused-ring (bicyclic) bond motifs is 14. The van der Waals surface area contributed by atoms with E-state index in [9.17, 15) is 14.4 Å². The first-order chi connectivity index (χ1) is 20.9. The summed E-state index contributed by atoms with van der Waals surface area (Å²) in [5, 5.41) is 5.48. The van der Waals surface area contributed by atoms with Gasteiger partial charge >= 0.3 is 0 Å². The Kier molecular flexibility index (Phi) is 7.65. The van der Waals surface area contributed by atoms with Crippen molar-refractivity contribution in [2.24, 2.45) is 11.7 Å². The maximum Gasteiger partial charge on any atom is 0.249 e. The first kappa shape index (κ1) is 27.8. The van der Waals surface area contributed by atoms with Gasteiger partial charge in [0.2, 0.25) is 41.3 Å². The molecule has 2 unspecified atom stereocenters. The lowest BCUT2D eigenvalue weighted by Crippen LogP contribution is -2.48. The topological polar surface area (TPSA) is 231 Å². The second-order valence-electron chi connectivity index (χ2n) is 9.87. The number of carbonyl (C=O) groups is 3. The van der Waals surface area contributed by atoms with E-state index in [4.69, 9.17) is 27.8 Å². The SMILES string of the molecule is CC1CC(=O)c2coc(n2)-c2coc(n2)-c2coc(n2)-c2coc(n2)-c2coc(n2)CNC(=O)C(CCCCN)NC1=O. The molecule has 222 valence electrons. The van der Waals surface area contributed by atoms with E-state index in [-0.39, 0.29) is 70.9 Å². The number of nitrogens with two attached hydrogens (primary N) is 1. The van der Waals surface area contributed by atoms with Crippen molar-refractivity contribution in [2.75, 3.05) is 6.54 Å². The summed E-state index contributed by atoms with van der Waals surface area (Å²) in [6, 6.07) is -0.864. The molecule has 1 aliphatic rings. The zero-order valence-corrected chi connectivity index (χ0v) is 22.9. The zero-order valence-electron chi connectivity index (χ0n) is 22.9. The van der Waals surface area contributed by atoms with Crippen LogP contribution < -0.4 is 16.4 Å². The van der Waals surface area contributed by atoms with Gasteiger partial charge in [-0.3, -0.25) is 14.4 Å². The Morgan fingerprint density at radius 2 is 1.23 bits per heavy atom. The third kappa shape index (κ3) is 5.99. The summed E-state index contributed by atoms with van der Waals surface area (Å²) in [4.78, 5) is 60.6. The van der Waals surface area contributed by atoms with Crippen LogP contribution in [0.25, 0.3) is 46.3 Å². The molecule has 0 fully saturated rings. The highest BCUT2D eigenvalue weighted by atomic mass is 16.4. The molecule has 0 aliphatic carbocycles. The summed E-state index contributed by atoms with van der Waals surface area (Å²) < 4.78 is 27.5. The first-order valence-electron chi connectivity index (χ1n) is 13.5. The molecule has 0 saturated carbocycles. The fourth-order valence-electron chi connectivity index (χ4n) is 4.32. The molecular formula is C27H26N8O8. The summed E-state index contributed by atoms with van der Waals surface area (Å²) in [5.74, 6) is -1.48. The number of nitrogens with one attached hydrogen (secondary N) is 2. The third-order valence-corrected chi connectivity index (χ3v) is 6.66. The van der Waals surface area contributed by atoms with Gasteiger partial charge in [0.15, 0.2) is 28.6 Å². The number of aromatic nitrogens is 5. The van der Waals surface area contributed by atoms with Gasteiger partial charge < -0.3 is 38.5 Å². The molecule has 6 rings (SSSR count). The number of amides is 2. The number of hydrogen-bond donors (Lipinski definition) is 3. The largest absolute Gasteiger partial charge is 0.446 e. The molecule has 0 spiro atoms. The number of hydrogen-bond acceptors (Lipinski definition) is 14. The number of unbranched alkanes of at least 4 members (excludes halogenated alkanes) is 1. The molecule has 10 bridgehead atoms. The molecular weight excluding hydrogens is 564 g/mol. The second kappa shape index (κ2) is 11.8. The van der Waals surface area contributed by atoms with Gasteiger partial charge in [0, 0.05) is 12.3 Å². The highest BCUT2D eigenvalue weighted by Gasteiger charge is 2.27. The molecule has 6 heterocycles. The molecule has 16 heteroatoms. The normalized spacial score (nSPS) is 17.8. The monoisotopic (exact) mass is 590 g/mol. The van der Waals surface area contributed by atoms with Gasteiger partial charge in [-0.05, 0) is 25.8 Å². The van der Waals surface area contributed by atoms with Crippen LogP contribution in [0.4, 0.5) is 0 Å². The third-order valence-electron chi connectivity index (χ3n) is 6.66. The Hall–Kier alpha value is -5.38. The lowest BCUT2D eigenvalue weighted by Gasteiger charge is -2.20. The van der Waals surface area contributed by atoms with Crippen molar-refractivity contribution in [1.29, 1.82) is 0 Å². The van der Waals surface area contributed by atoms with Crippen molar-refractivity contribution in [1.82, 2.24) is 35.6 Å². The minimum Gasteiger partial charge on any atom is -0.446 e. The van der Waals surface area contributed by atoms with Crippen LogP contribution >= 0.6 is 0 Å². The van der Waals surface area contributed by atoms with E-state index in [1.807, 2.05) is 0 Å². The van der Waals surface area contributed by atoms with E-state index in [0.29, 0.717) is 25.8 Å². The maximum absolute atomic E-state index is 13.1. The number of carbonyl (C=O) groups excluding carboxylic acids is 3. The molecule has 0 radical (unpaired) electrons. The highest BCUT2D eigenvalue weighted by molar-refractivity contribution is 5.97. The highest BCUT2D eigenvalue weighted by Crippen LogP contribution is 2.28. The number of nitrogens with zero attached hydrogens (tertiary/aromatic N) is 5. The minimum atomic E-state index is -0.864. The van der Waals surface area contributed by atoms with Gasteiger partial charge in [0.05, 0.1) is 6.54 Å². The molecule has 43 heavy (non-hydrogen) atoms. The quantitative estimate of drug-likeness (QED) is 0.255. The van der Waals surface area contributed by atoms with Crippen molar-refractivity contribution >= 4 is 17.6 Å². The van der Waals surface area contributed by atoms with Crippen molar-refractivity contribution in [3.8, 4) is 46.3 Å². The minimum absolute atomic E-state index is 0.0155. The van der Waals surface area contributed by atoms with Crippen LogP contribution in [-0.4, -0.2) is 55.1 Å². The van der Waals surface area contributed by atoms with E-state index < -0.39 is 29.6 Å². The first-order valence-corrected chi connectivity index (χ1v) is 13.5. The Balaban J connectivity index is 1.30. The molecule has 2 amide bonds. The lowest BCUT2D eigenvalue weighted by atomic mass is 10.0. The van der Waals surface area contributed by atoms with Crippen LogP contribution in [0.15, 0.2) is 53.4 Å². The van der Waals surface area contributed by atoms with Gasteiger partial charge in [0.25, 0.3) is 0 Å². The van der Waals surface area contributed by atoms with Crippen molar-refractivity contribution in [3.63, 3.8) is 0 Å². The Labute approximate surface area is 242 Å². The van der Waals surface area contributed by atoms with Crippen molar-refractivity contribution in [3.05, 3.63) is 42.9 Å². The average molecular weight is 591 g/mol. The molecule has 0 aromatic carbocycles. The smallest absolute Gasteiger partial charge is 0.249 e. The Morgan fingerprint density at radius 1 is 0.721 bits per heavy atom. The zero-order chi connectivity index (χ0) is 29.9. The van der Waals surface area contributed by atoms with E-state index in [1.54, 1.807) is 6.92 Å². The van der Waals surface area contributed by atoms with Crippen LogP contribution in [0.3, 0.4) is 0 Å². The van der Waals surface area contributed by atoms with Crippen LogP contribution in [0.5, 0.6) is 0 Å². The van der Waals surface area contributed by atoms with E-state index in [1.165, 1.54) is 31.3 Å². The Bertz CT molecular complexity index is 1760. The number of rotatable bonds is 4. The summed E-state index contributed by atoms with van der Waals surface area (Å²) in [6.07, 6.45) is 7.95. The van der Waals surface area contributed by atoms with Crippen molar-refractivity contribution in [2.45, 2.75) is 45.2 Å².